The van der Waals surface area contributed by atoms with E-state index in [2.05, 4.69) is 14.9 Å². The van der Waals surface area contributed by atoms with Gasteiger partial charge in [-0.2, -0.15) is 0 Å². The van der Waals surface area contributed by atoms with Crippen molar-refractivity contribution in [1.29, 1.82) is 0 Å². The van der Waals surface area contributed by atoms with Gasteiger partial charge in [-0.05, 0) is 53.2 Å². The van der Waals surface area contributed by atoms with E-state index < -0.39 is 17.2 Å². The number of nitrogens with zero attached hydrogens (tertiary/aromatic N) is 6. The minimum Gasteiger partial charge on any atom is -0.444 e. The van der Waals surface area contributed by atoms with Crippen molar-refractivity contribution in [2.45, 2.75) is 59.1 Å². The van der Waals surface area contributed by atoms with Gasteiger partial charge in [0.15, 0.2) is 5.65 Å². The molecular formula is C27H32F2N6O3. The molecule has 0 bridgehead atoms. The minimum absolute atomic E-state index is 0.0251. The second-order valence-corrected chi connectivity index (χ2v) is 10.9. The molecule has 2 aliphatic heterocycles. The fourth-order valence-electron chi connectivity index (χ4n) is 5.08. The maximum Gasteiger partial charge on any atom is 0.410 e. The predicted molar refractivity (Wildman–Crippen MR) is 140 cm³/mol. The van der Waals surface area contributed by atoms with Gasteiger partial charge < -0.3 is 19.4 Å². The molecule has 2 aromatic heterocycles. The Hall–Kier alpha value is -3.76. The molecule has 0 spiro atoms. The molecule has 9 nitrogen and oxygen atoms in total. The second-order valence-electron chi connectivity index (χ2n) is 10.9. The maximum absolute atomic E-state index is 14.5. The predicted octanol–water partition coefficient (Wildman–Crippen LogP) is 4.58. The first-order valence-corrected chi connectivity index (χ1v) is 12.8. The lowest BCUT2D eigenvalue weighted by Crippen LogP contribution is -2.54. The number of rotatable bonds is 3. The van der Waals surface area contributed by atoms with Gasteiger partial charge >= 0.3 is 6.09 Å². The summed E-state index contributed by atoms with van der Waals surface area (Å²) in [5.74, 6) is -0.751. The minimum atomic E-state index is -0.665. The number of aromatic nitrogens is 3. The lowest BCUT2D eigenvalue weighted by molar-refractivity contribution is -0.117. The van der Waals surface area contributed by atoms with E-state index in [1.807, 2.05) is 27.7 Å². The van der Waals surface area contributed by atoms with Crippen LogP contribution in [0.25, 0.3) is 16.7 Å². The molecule has 2 fully saturated rings. The zero-order valence-corrected chi connectivity index (χ0v) is 22.3. The van der Waals surface area contributed by atoms with Crippen LogP contribution >= 0.6 is 0 Å². The molecule has 202 valence electrons. The summed E-state index contributed by atoms with van der Waals surface area (Å²) in [4.78, 5) is 40.0. The van der Waals surface area contributed by atoms with E-state index in [-0.39, 0.29) is 29.3 Å². The van der Waals surface area contributed by atoms with Gasteiger partial charge in [0, 0.05) is 50.4 Å². The Kier molecular flexibility index (Phi) is 6.48. The van der Waals surface area contributed by atoms with Crippen molar-refractivity contribution in [3.05, 3.63) is 41.9 Å². The fourth-order valence-corrected chi connectivity index (χ4v) is 5.08. The van der Waals surface area contributed by atoms with Crippen molar-refractivity contribution in [3.63, 3.8) is 0 Å². The van der Waals surface area contributed by atoms with Gasteiger partial charge in [0.2, 0.25) is 5.91 Å². The molecule has 1 atom stereocenters. The quantitative estimate of drug-likeness (QED) is 0.497. The van der Waals surface area contributed by atoms with Gasteiger partial charge in [-0.3, -0.25) is 9.36 Å². The Morgan fingerprint density at radius 3 is 2.42 bits per heavy atom. The van der Waals surface area contributed by atoms with E-state index in [4.69, 9.17) is 4.74 Å². The molecule has 1 unspecified atom stereocenters. The standard InChI is InChI=1S/C27H32F2N6O3/c1-16-13-32(26(37)38-27(3,4)5)9-10-33(16)24-23-21(34-8-6-7-22(34)36)14-35(25(23)31-15-30-24)18-11-19(28)17(2)20(29)12-18/h11-12,14-16H,6-10,13H2,1-5H3. The van der Waals surface area contributed by atoms with E-state index in [0.717, 1.165) is 0 Å². The smallest absolute Gasteiger partial charge is 0.410 e. The van der Waals surface area contributed by atoms with Crippen LogP contribution in [0.1, 0.15) is 46.1 Å². The monoisotopic (exact) mass is 526 g/mol. The number of halogens is 2. The zero-order chi connectivity index (χ0) is 27.4. The third kappa shape index (κ3) is 4.65. The Balaban J connectivity index is 1.58. The first kappa shape index (κ1) is 25.9. The SMILES string of the molecule is Cc1c(F)cc(-n2cc(N3CCCC3=O)c3c(N4CCN(C(=O)OC(C)(C)C)CC4C)ncnc32)cc1F. The fraction of sp³-hybridized carbons (Fsp3) is 0.481. The van der Waals surface area contributed by atoms with Gasteiger partial charge in [-0.15, -0.1) is 0 Å². The van der Waals surface area contributed by atoms with Crippen LogP contribution in [0.2, 0.25) is 0 Å². The number of amides is 2. The number of carbonyl (C=O) groups excluding carboxylic acids is 2. The van der Waals surface area contributed by atoms with Crippen LogP contribution in [0, 0.1) is 18.6 Å². The van der Waals surface area contributed by atoms with Crippen LogP contribution in [0.4, 0.5) is 25.1 Å². The Labute approximate surface area is 220 Å². The van der Waals surface area contributed by atoms with Crippen molar-refractivity contribution in [3.8, 4) is 5.69 Å². The molecule has 0 N–H and O–H groups in total. The van der Waals surface area contributed by atoms with Crippen molar-refractivity contribution in [2.75, 3.05) is 36.0 Å². The van der Waals surface area contributed by atoms with E-state index in [1.165, 1.54) is 25.4 Å². The molecular weight excluding hydrogens is 494 g/mol. The molecule has 0 radical (unpaired) electrons. The zero-order valence-electron chi connectivity index (χ0n) is 22.3. The summed E-state index contributed by atoms with van der Waals surface area (Å²) >= 11 is 0. The van der Waals surface area contributed by atoms with Gasteiger partial charge in [0.05, 0.1) is 16.8 Å². The highest BCUT2D eigenvalue weighted by Crippen LogP contribution is 2.39. The van der Waals surface area contributed by atoms with Crippen LogP contribution in [0.5, 0.6) is 0 Å². The lowest BCUT2D eigenvalue weighted by Gasteiger charge is -2.41. The van der Waals surface area contributed by atoms with Crippen molar-refractivity contribution >= 4 is 34.5 Å². The molecule has 2 saturated heterocycles. The average Bonchev–Trinajstić information content (AvgIpc) is 3.44. The largest absolute Gasteiger partial charge is 0.444 e. The summed E-state index contributed by atoms with van der Waals surface area (Å²) in [5.41, 5.74) is 0.647. The van der Waals surface area contributed by atoms with Crippen LogP contribution < -0.4 is 9.80 Å². The Bertz CT molecular complexity index is 1390. The van der Waals surface area contributed by atoms with E-state index in [9.17, 15) is 18.4 Å². The number of benzene rings is 1. The van der Waals surface area contributed by atoms with Crippen molar-refractivity contribution in [2.24, 2.45) is 0 Å². The Morgan fingerprint density at radius 2 is 1.82 bits per heavy atom. The molecule has 38 heavy (non-hydrogen) atoms. The first-order valence-electron chi connectivity index (χ1n) is 12.8. The summed E-state index contributed by atoms with van der Waals surface area (Å²) in [5, 5.41) is 0.627. The van der Waals surface area contributed by atoms with Crippen LogP contribution in [0.15, 0.2) is 24.7 Å². The summed E-state index contributed by atoms with van der Waals surface area (Å²) in [6, 6.07) is 2.41. The van der Waals surface area contributed by atoms with Crippen LogP contribution in [-0.4, -0.2) is 69.3 Å². The highest BCUT2D eigenvalue weighted by Gasteiger charge is 2.34. The van der Waals surface area contributed by atoms with Gasteiger partial charge in [-0.25, -0.2) is 23.5 Å². The number of carbonyl (C=O) groups is 2. The molecule has 11 heteroatoms. The second kappa shape index (κ2) is 9.52. The van der Waals surface area contributed by atoms with Crippen LogP contribution in [0.3, 0.4) is 0 Å². The highest BCUT2D eigenvalue weighted by molar-refractivity contribution is 6.08. The molecule has 0 aliphatic carbocycles. The molecule has 2 aliphatic rings. The maximum atomic E-state index is 14.5. The number of ether oxygens (including phenoxy) is 1. The highest BCUT2D eigenvalue weighted by atomic mass is 19.1. The van der Waals surface area contributed by atoms with Gasteiger partial charge in [0.25, 0.3) is 0 Å². The summed E-state index contributed by atoms with van der Waals surface area (Å²) in [7, 11) is 0. The third-order valence-corrected chi connectivity index (χ3v) is 7.00. The molecule has 3 aromatic rings. The topological polar surface area (TPSA) is 83.8 Å². The summed E-state index contributed by atoms with van der Waals surface area (Å²) < 4.78 is 36.2. The third-order valence-electron chi connectivity index (χ3n) is 7.00. The lowest BCUT2D eigenvalue weighted by atomic mass is 10.1. The van der Waals surface area contributed by atoms with Crippen molar-refractivity contribution in [1.82, 2.24) is 19.4 Å². The number of fused-ring (bicyclic) bond motifs is 1. The van der Waals surface area contributed by atoms with E-state index >= 15 is 0 Å². The van der Waals surface area contributed by atoms with E-state index in [1.54, 1.807) is 20.6 Å². The Morgan fingerprint density at radius 1 is 1.11 bits per heavy atom. The molecule has 5 rings (SSSR count). The van der Waals surface area contributed by atoms with Crippen molar-refractivity contribution < 1.29 is 23.1 Å². The number of piperazine rings is 1. The number of anilines is 2. The van der Waals surface area contributed by atoms with Gasteiger partial charge in [-0.1, -0.05) is 0 Å². The van der Waals surface area contributed by atoms with E-state index in [0.29, 0.717) is 61.6 Å². The van der Waals surface area contributed by atoms with Gasteiger partial charge in [0.1, 0.15) is 29.4 Å². The summed E-state index contributed by atoms with van der Waals surface area (Å²) in [6.45, 7) is 10.7. The average molecular weight is 527 g/mol. The molecule has 2 amide bonds. The van der Waals surface area contributed by atoms with Crippen LogP contribution in [-0.2, 0) is 9.53 Å². The number of hydrogen-bond acceptors (Lipinski definition) is 6. The molecule has 4 heterocycles. The normalized spacial score (nSPS) is 18.6. The molecule has 1 aromatic carbocycles. The molecule has 0 saturated carbocycles. The first-order chi connectivity index (χ1) is 17.9. The summed E-state index contributed by atoms with van der Waals surface area (Å²) in [6.07, 6.45) is 3.89. The number of hydrogen-bond donors (Lipinski definition) is 0.